The summed E-state index contributed by atoms with van der Waals surface area (Å²) < 4.78 is 16.1. The van der Waals surface area contributed by atoms with Crippen LogP contribution in [0.2, 0.25) is 5.15 Å². The molecule has 44 heavy (non-hydrogen) atoms. The fraction of sp³-hybridized carbons (Fsp3) is 0.300. The maximum Gasteiger partial charge on any atom is 0.408 e. The number of carbonyl (C=O) groups is 5. The lowest BCUT2D eigenvalue weighted by molar-refractivity contribution is -0.137. The molecule has 4 rings (SSSR count). The highest BCUT2D eigenvalue weighted by molar-refractivity contribution is 6.30. The molecule has 2 N–H and O–H groups in total. The van der Waals surface area contributed by atoms with Gasteiger partial charge >= 0.3 is 18.0 Å². The number of benzene rings is 2. The lowest BCUT2D eigenvalue weighted by Crippen LogP contribution is -2.36. The molecule has 0 saturated heterocycles. The van der Waals surface area contributed by atoms with Gasteiger partial charge in [0.25, 0.3) is 11.8 Å². The molecule has 0 spiro atoms. The van der Waals surface area contributed by atoms with Crippen molar-refractivity contribution in [3.63, 3.8) is 0 Å². The Balaban J connectivity index is 1.64. The number of aromatic nitrogens is 2. The second kappa shape index (κ2) is 13.1. The van der Waals surface area contributed by atoms with Gasteiger partial charge in [-0.05, 0) is 57.2 Å². The first-order valence-electron chi connectivity index (χ1n) is 13.3. The molecule has 2 heterocycles. The van der Waals surface area contributed by atoms with Gasteiger partial charge in [0, 0.05) is 11.1 Å². The quantitative estimate of drug-likeness (QED) is 0.243. The Kier molecular flexibility index (Phi) is 9.48. The van der Waals surface area contributed by atoms with Gasteiger partial charge in [0.05, 0.1) is 48.5 Å². The van der Waals surface area contributed by atoms with E-state index in [2.05, 4.69) is 15.5 Å². The molecular weight excluding hydrogens is 596 g/mol. The molecule has 2 aromatic carbocycles. The van der Waals surface area contributed by atoms with Crippen LogP contribution in [0.25, 0.3) is 11.3 Å². The van der Waals surface area contributed by atoms with Gasteiger partial charge in [0.15, 0.2) is 5.15 Å². The summed E-state index contributed by atoms with van der Waals surface area (Å²) in [5.74, 6) is -2.64. The van der Waals surface area contributed by atoms with E-state index in [-0.39, 0.29) is 40.9 Å². The van der Waals surface area contributed by atoms with Gasteiger partial charge in [0.2, 0.25) is 0 Å². The third kappa shape index (κ3) is 7.29. The van der Waals surface area contributed by atoms with Crippen molar-refractivity contribution in [3.05, 3.63) is 75.9 Å². The van der Waals surface area contributed by atoms with Crippen molar-refractivity contribution < 1.29 is 43.3 Å². The second-order valence-corrected chi connectivity index (χ2v) is 11.0. The van der Waals surface area contributed by atoms with E-state index in [4.69, 9.17) is 25.8 Å². The zero-order valence-corrected chi connectivity index (χ0v) is 25.0. The average molecular weight is 625 g/mol. The minimum atomic E-state index is -1.22. The Morgan fingerprint density at radius 2 is 1.66 bits per heavy atom. The number of alkyl carbamates (subject to hydrolysis) is 1. The third-order valence-corrected chi connectivity index (χ3v) is 6.64. The first-order chi connectivity index (χ1) is 20.8. The number of carboxylic acid groups (broad SMARTS) is 1. The molecular formula is C30H29ClN4O9. The number of amides is 3. The SMILES string of the molecule is COC(=O)c1ccc(-c2cc(C(CC(=O)O)NC(=O)OC(C)(C)C)c(Cl)nn2)c(OCCN2C(=O)c3ccccc3C2=O)c1. The molecule has 0 radical (unpaired) electrons. The molecule has 1 aromatic heterocycles. The Hall–Kier alpha value is -5.04. The number of hydrogen-bond acceptors (Lipinski definition) is 10. The maximum atomic E-state index is 12.8. The smallest absolute Gasteiger partial charge is 0.408 e. The van der Waals surface area contributed by atoms with Crippen molar-refractivity contribution >= 4 is 41.4 Å². The number of nitrogens with one attached hydrogen (secondary N) is 1. The molecule has 1 aliphatic rings. The normalized spacial score (nSPS) is 13.2. The largest absolute Gasteiger partial charge is 0.491 e. The van der Waals surface area contributed by atoms with Crippen LogP contribution >= 0.6 is 11.6 Å². The van der Waals surface area contributed by atoms with Crippen molar-refractivity contribution in [1.82, 2.24) is 20.4 Å². The van der Waals surface area contributed by atoms with E-state index >= 15 is 0 Å². The molecule has 1 atom stereocenters. The molecule has 0 bridgehead atoms. The van der Waals surface area contributed by atoms with Gasteiger partial charge in [-0.25, -0.2) is 9.59 Å². The molecule has 230 valence electrons. The highest BCUT2D eigenvalue weighted by Crippen LogP contribution is 2.34. The first kappa shape index (κ1) is 31.9. The summed E-state index contributed by atoms with van der Waals surface area (Å²) in [7, 11) is 1.22. The number of hydrogen-bond donors (Lipinski definition) is 2. The highest BCUT2D eigenvalue weighted by Gasteiger charge is 2.35. The molecule has 0 saturated carbocycles. The fourth-order valence-electron chi connectivity index (χ4n) is 4.42. The predicted molar refractivity (Wildman–Crippen MR) is 155 cm³/mol. The van der Waals surface area contributed by atoms with Gasteiger partial charge in [-0.15, -0.1) is 10.2 Å². The number of methoxy groups -OCH3 is 1. The standard InChI is InChI=1S/C30H29ClN4O9/c1-30(2,3)44-29(41)32-21(15-24(36)37)20-14-22(33-34-25(20)31)19-10-9-16(28(40)42-4)13-23(19)43-12-11-35-26(38)17-7-5-6-8-18(17)27(35)39/h5-10,13-14,21H,11-12,15H2,1-4H3,(H,32,41)(H,36,37). The number of esters is 1. The molecule has 3 aromatic rings. The molecule has 13 nitrogen and oxygen atoms in total. The van der Waals surface area contributed by atoms with Crippen LogP contribution in [0.1, 0.15) is 69.9 Å². The van der Waals surface area contributed by atoms with Crippen LogP contribution in [0.3, 0.4) is 0 Å². The molecule has 1 unspecified atom stereocenters. The number of aliphatic carboxylic acids is 1. The fourth-order valence-corrected chi connectivity index (χ4v) is 4.64. The van der Waals surface area contributed by atoms with E-state index in [1.165, 1.54) is 31.4 Å². The number of rotatable bonds is 10. The maximum absolute atomic E-state index is 12.8. The van der Waals surface area contributed by atoms with Gasteiger partial charge in [-0.3, -0.25) is 19.3 Å². The zero-order chi connectivity index (χ0) is 32.2. The number of carbonyl (C=O) groups excluding carboxylic acids is 4. The lowest BCUT2D eigenvalue weighted by Gasteiger charge is -2.23. The summed E-state index contributed by atoms with van der Waals surface area (Å²) in [6.07, 6.45) is -1.41. The van der Waals surface area contributed by atoms with Crippen molar-refractivity contribution in [3.8, 4) is 17.0 Å². The molecule has 0 aliphatic carbocycles. The van der Waals surface area contributed by atoms with Crippen molar-refractivity contribution in [1.29, 1.82) is 0 Å². The van der Waals surface area contributed by atoms with Crippen LogP contribution in [0.5, 0.6) is 5.75 Å². The van der Waals surface area contributed by atoms with Crippen molar-refractivity contribution in [2.24, 2.45) is 0 Å². The van der Waals surface area contributed by atoms with Crippen LogP contribution < -0.4 is 10.1 Å². The van der Waals surface area contributed by atoms with E-state index in [0.717, 1.165) is 4.90 Å². The molecule has 3 amide bonds. The Morgan fingerprint density at radius 3 is 2.25 bits per heavy atom. The van der Waals surface area contributed by atoms with E-state index in [1.54, 1.807) is 45.0 Å². The summed E-state index contributed by atoms with van der Waals surface area (Å²) in [5, 5.41) is 19.9. The summed E-state index contributed by atoms with van der Waals surface area (Å²) in [5.41, 5.74) is 0.513. The second-order valence-electron chi connectivity index (χ2n) is 10.6. The number of carboxylic acids is 1. The summed E-state index contributed by atoms with van der Waals surface area (Å²) in [6.45, 7) is 4.74. The van der Waals surface area contributed by atoms with Crippen molar-refractivity contribution in [2.75, 3.05) is 20.3 Å². The third-order valence-electron chi connectivity index (χ3n) is 6.35. The van der Waals surface area contributed by atoms with Crippen LogP contribution in [0.15, 0.2) is 48.5 Å². The lowest BCUT2D eigenvalue weighted by atomic mass is 10.0. The minimum absolute atomic E-state index is 0.0910. The van der Waals surface area contributed by atoms with Gasteiger partial charge in [-0.1, -0.05) is 23.7 Å². The Morgan fingerprint density at radius 1 is 1.00 bits per heavy atom. The van der Waals surface area contributed by atoms with Crippen LogP contribution in [-0.4, -0.2) is 75.9 Å². The number of ether oxygens (including phenoxy) is 3. The topological polar surface area (TPSA) is 174 Å². The zero-order valence-electron chi connectivity index (χ0n) is 24.3. The van der Waals surface area contributed by atoms with Gasteiger partial charge in [-0.2, -0.15) is 0 Å². The van der Waals surface area contributed by atoms with Crippen LogP contribution in [0.4, 0.5) is 4.79 Å². The molecule has 14 heteroatoms. The number of imide groups is 1. The van der Waals surface area contributed by atoms with E-state index in [0.29, 0.717) is 16.7 Å². The van der Waals surface area contributed by atoms with Crippen LogP contribution in [0, 0.1) is 0 Å². The minimum Gasteiger partial charge on any atom is -0.491 e. The average Bonchev–Trinajstić information content (AvgIpc) is 3.20. The number of halogens is 1. The predicted octanol–water partition coefficient (Wildman–Crippen LogP) is 4.30. The number of nitrogens with zero attached hydrogens (tertiary/aromatic N) is 3. The van der Waals surface area contributed by atoms with E-state index < -0.39 is 47.9 Å². The van der Waals surface area contributed by atoms with E-state index in [9.17, 15) is 29.1 Å². The Labute approximate surface area is 257 Å². The summed E-state index contributed by atoms with van der Waals surface area (Å²) >= 11 is 6.31. The monoisotopic (exact) mass is 624 g/mol. The van der Waals surface area contributed by atoms with E-state index in [1.807, 2.05) is 0 Å². The molecule has 0 fully saturated rings. The summed E-state index contributed by atoms with van der Waals surface area (Å²) in [6, 6.07) is 11.1. The highest BCUT2D eigenvalue weighted by atomic mass is 35.5. The van der Waals surface area contributed by atoms with Gasteiger partial charge < -0.3 is 24.6 Å². The number of fused-ring (bicyclic) bond motifs is 1. The summed E-state index contributed by atoms with van der Waals surface area (Å²) in [4.78, 5) is 63.0. The van der Waals surface area contributed by atoms with Gasteiger partial charge in [0.1, 0.15) is 18.0 Å². The van der Waals surface area contributed by atoms with Crippen molar-refractivity contribution in [2.45, 2.75) is 38.8 Å². The molecule has 1 aliphatic heterocycles. The first-order valence-corrected chi connectivity index (χ1v) is 13.7. The van der Waals surface area contributed by atoms with Crippen LogP contribution in [-0.2, 0) is 14.3 Å². The Bertz CT molecular complexity index is 1600.